The molecule has 62 heavy (non-hydrogen) atoms. The van der Waals surface area contributed by atoms with Crippen molar-refractivity contribution in [1.82, 2.24) is 5.32 Å². The Bertz CT molecular complexity index is 1860. The number of carbonyl (C=O) groups is 4. The van der Waals surface area contributed by atoms with E-state index in [1.165, 1.54) is 14.0 Å². The van der Waals surface area contributed by atoms with Crippen molar-refractivity contribution in [3.05, 3.63) is 108 Å². The summed E-state index contributed by atoms with van der Waals surface area (Å²) in [6, 6.07) is 27.1. The van der Waals surface area contributed by atoms with Crippen LogP contribution in [0.4, 0.5) is 4.79 Å². The standard InChI is InChI=1S/C43H50Cl3NO15/c1-26(48)53-23-33-36(59-27(2)49)37(60-28(3)50)34(47-42(51)58-25-43(44,45)46)40(61-33)57-24-32-35(54-20-29-14-8-5-9-15-29)38(55-21-30-16-10-6-11-17-30)39(41(52-4)62-32)56-22-31-18-12-7-13-19-31/h5-19,32-41H,20-25H2,1-4H3,(H,47,51)/t32-,33-,34-,35-,36-,37-,38+,39-,40-,41+/m1/s1. The number of rotatable bonds is 19. The summed E-state index contributed by atoms with van der Waals surface area (Å²) in [7, 11) is 1.46. The first-order valence-corrected chi connectivity index (χ1v) is 20.7. The molecular formula is C43H50Cl3NO15. The number of benzene rings is 3. The zero-order valence-electron chi connectivity index (χ0n) is 34.4. The van der Waals surface area contributed by atoms with Crippen LogP contribution in [0.3, 0.4) is 0 Å². The van der Waals surface area contributed by atoms with Crippen LogP contribution in [0.2, 0.25) is 0 Å². The van der Waals surface area contributed by atoms with Gasteiger partial charge >= 0.3 is 24.0 Å². The Morgan fingerprint density at radius 1 is 0.565 bits per heavy atom. The first kappa shape index (κ1) is 49.0. The quantitative estimate of drug-likeness (QED) is 0.0872. The highest BCUT2D eigenvalue weighted by atomic mass is 35.6. The molecule has 1 amide bonds. The zero-order chi connectivity index (χ0) is 44.6. The molecule has 2 fully saturated rings. The fraction of sp³-hybridized carbons (Fsp3) is 0.488. The van der Waals surface area contributed by atoms with Crippen molar-refractivity contribution in [2.24, 2.45) is 0 Å². The van der Waals surface area contributed by atoms with Crippen molar-refractivity contribution in [2.45, 2.75) is 106 Å². The predicted octanol–water partition coefficient (Wildman–Crippen LogP) is 5.75. The van der Waals surface area contributed by atoms with E-state index in [0.29, 0.717) is 0 Å². The molecule has 1 N–H and O–H groups in total. The molecule has 3 aromatic carbocycles. The molecule has 10 atom stereocenters. The third-order valence-corrected chi connectivity index (χ3v) is 9.78. The van der Waals surface area contributed by atoms with Crippen LogP contribution in [0.25, 0.3) is 0 Å². The van der Waals surface area contributed by atoms with Crippen molar-refractivity contribution >= 4 is 58.8 Å². The summed E-state index contributed by atoms with van der Waals surface area (Å²) in [6.07, 6.45) is -11.5. The van der Waals surface area contributed by atoms with E-state index in [-0.39, 0.29) is 26.4 Å². The normalized spacial score (nSPS) is 26.2. The first-order valence-electron chi connectivity index (χ1n) is 19.6. The van der Waals surface area contributed by atoms with Crippen molar-refractivity contribution < 1.29 is 71.3 Å². The molecule has 0 unspecified atom stereocenters. The summed E-state index contributed by atoms with van der Waals surface area (Å²) >= 11 is 17.5. The molecule has 2 aliphatic heterocycles. The average Bonchev–Trinajstić information content (AvgIpc) is 3.24. The number of hydrogen-bond acceptors (Lipinski definition) is 15. The van der Waals surface area contributed by atoms with Crippen LogP contribution >= 0.6 is 34.8 Å². The fourth-order valence-electron chi connectivity index (χ4n) is 6.78. The van der Waals surface area contributed by atoms with Crippen LogP contribution in [0.1, 0.15) is 37.5 Å². The van der Waals surface area contributed by atoms with E-state index in [2.05, 4.69) is 5.32 Å². The molecule has 338 valence electrons. The van der Waals surface area contributed by atoms with Crippen molar-refractivity contribution in [3.8, 4) is 0 Å². The van der Waals surface area contributed by atoms with Gasteiger partial charge in [0.25, 0.3) is 0 Å². The Morgan fingerprint density at radius 3 is 1.52 bits per heavy atom. The highest BCUT2D eigenvalue weighted by Crippen LogP contribution is 2.34. The highest BCUT2D eigenvalue weighted by Gasteiger charge is 2.54. The van der Waals surface area contributed by atoms with E-state index in [1.54, 1.807) is 0 Å². The predicted molar refractivity (Wildman–Crippen MR) is 222 cm³/mol. The minimum absolute atomic E-state index is 0.127. The van der Waals surface area contributed by atoms with Gasteiger partial charge < -0.3 is 57.4 Å². The number of nitrogens with one attached hydrogen (secondary N) is 1. The van der Waals surface area contributed by atoms with Gasteiger partial charge in [-0.1, -0.05) is 126 Å². The van der Waals surface area contributed by atoms with Gasteiger partial charge in [0.2, 0.25) is 3.79 Å². The minimum Gasteiger partial charge on any atom is -0.463 e. The molecule has 2 aliphatic rings. The lowest BCUT2D eigenvalue weighted by Gasteiger charge is -2.47. The van der Waals surface area contributed by atoms with Gasteiger partial charge in [-0.3, -0.25) is 14.4 Å². The van der Waals surface area contributed by atoms with E-state index in [0.717, 1.165) is 30.5 Å². The van der Waals surface area contributed by atoms with Crippen molar-refractivity contribution in [3.63, 3.8) is 0 Å². The number of alkyl carbamates (subject to hydrolysis) is 1. The van der Waals surface area contributed by atoms with Crippen LogP contribution in [-0.4, -0.2) is 116 Å². The average molecular weight is 927 g/mol. The molecule has 0 aliphatic carbocycles. The number of amides is 1. The Balaban J connectivity index is 1.51. The van der Waals surface area contributed by atoms with E-state index in [9.17, 15) is 19.2 Å². The number of hydrogen-bond donors (Lipinski definition) is 1. The van der Waals surface area contributed by atoms with Crippen LogP contribution < -0.4 is 5.32 Å². The van der Waals surface area contributed by atoms with E-state index < -0.39 is 102 Å². The third-order valence-electron chi connectivity index (χ3n) is 9.46. The molecule has 3 aromatic rings. The molecule has 0 spiro atoms. The number of esters is 3. The topological polar surface area (TPSA) is 182 Å². The van der Waals surface area contributed by atoms with Gasteiger partial charge in [-0.15, -0.1) is 0 Å². The van der Waals surface area contributed by atoms with E-state index in [1.807, 2.05) is 91.0 Å². The van der Waals surface area contributed by atoms with Crippen LogP contribution in [0.5, 0.6) is 0 Å². The summed E-state index contributed by atoms with van der Waals surface area (Å²) in [5, 5.41) is 2.53. The summed E-state index contributed by atoms with van der Waals surface area (Å²) in [5.74, 6) is -2.31. The maximum Gasteiger partial charge on any atom is 0.407 e. The maximum absolute atomic E-state index is 13.2. The summed E-state index contributed by atoms with van der Waals surface area (Å²) in [4.78, 5) is 50.2. The van der Waals surface area contributed by atoms with E-state index in [4.69, 9.17) is 86.9 Å². The number of alkyl halides is 3. The number of halogens is 3. The molecule has 0 bridgehead atoms. The number of carbonyl (C=O) groups excluding carboxylic acids is 4. The van der Waals surface area contributed by atoms with Gasteiger partial charge in [-0.05, 0) is 16.7 Å². The smallest absolute Gasteiger partial charge is 0.407 e. The molecule has 0 saturated carbocycles. The first-order chi connectivity index (χ1) is 29.7. The lowest BCUT2D eigenvalue weighted by atomic mass is 9.95. The SMILES string of the molecule is CO[C@H]1O[C@H](CO[C@@H]2O[C@H](COC(C)=O)[C@@H](OC(C)=O)[C@H](OC(C)=O)[C@H]2NC(=O)OCC(Cl)(Cl)Cl)[C@@H](OCc2ccccc2)[C@H](OCc2ccccc2)[C@H]1OCc1ccccc1. The largest absolute Gasteiger partial charge is 0.463 e. The van der Waals surface area contributed by atoms with Gasteiger partial charge in [-0.25, -0.2) is 4.79 Å². The molecule has 2 heterocycles. The Kier molecular flexibility index (Phi) is 19.0. The molecule has 0 radical (unpaired) electrons. The van der Waals surface area contributed by atoms with Gasteiger partial charge in [0.1, 0.15) is 49.8 Å². The summed E-state index contributed by atoms with van der Waals surface area (Å²) < 4.78 is 64.6. The van der Waals surface area contributed by atoms with E-state index >= 15 is 0 Å². The van der Waals surface area contributed by atoms with Crippen molar-refractivity contribution in [2.75, 3.05) is 26.9 Å². The molecular weight excluding hydrogens is 877 g/mol. The van der Waals surface area contributed by atoms with Crippen molar-refractivity contribution in [1.29, 1.82) is 0 Å². The highest BCUT2D eigenvalue weighted by molar-refractivity contribution is 6.67. The minimum atomic E-state index is -1.98. The lowest BCUT2D eigenvalue weighted by molar-refractivity contribution is -0.335. The molecule has 2 saturated heterocycles. The van der Waals surface area contributed by atoms with Crippen LogP contribution in [0.15, 0.2) is 91.0 Å². The van der Waals surface area contributed by atoms with Gasteiger partial charge in [0.15, 0.2) is 24.8 Å². The summed E-state index contributed by atoms with van der Waals surface area (Å²) in [5.41, 5.74) is 2.63. The van der Waals surface area contributed by atoms with Gasteiger partial charge in [0, 0.05) is 27.9 Å². The summed E-state index contributed by atoms with van der Waals surface area (Å²) in [6.45, 7) is 2.39. The lowest BCUT2D eigenvalue weighted by Crippen LogP contribution is -2.67. The molecule has 19 heteroatoms. The molecule has 16 nitrogen and oxygen atoms in total. The van der Waals surface area contributed by atoms with Crippen LogP contribution in [-0.2, 0) is 86.3 Å². The Hall–Kier alpha value is -4.07. The Morgan fingerprint density at radius 2 is 1.03 bits per heavy atom. The maximum atomic E-state index is 13.2. The molecule has 5 rings (SSSR count). The van der Waals surface area contributed by atoms with Crippen LogP contribution in [0, 0.1) is 0 Å². The third kappa shape index (κ3) is 15.3. The number of ether oxygens (including phenoxy) is 11. The fourth-order valence-corrected chi connectivity index (χ4v) is 6.95. The monoisotopic (exact) mass is 925 g/mol. The van der Waals surface area contributed by atoms with Gasteiger partial charge in [0.05, 0.1) is 26.4 Å². The van der Waals surface area contributed by atoms with Gasteiger partial charge in [-0.2, -0.15) is 0 Å². The second-order valence-corrected chi connectivity index (χ2v) is 16.8. The number of methoxy groups -OCH3 is 1. The Labute approximate surface area is 374 Å². The second kappa shape index (κ2) is 24.1. The second-order valence-electron chi connectivity index (χ2n) is 14.3. The zero-order valence-corrected chi connectivity index (χ0v) is 36.7. The molecule has 0 aromatic heterocycles.